The second-order valence-corrected chi connectivity index (χ2v) is 6.64. The van der Waals surface area contributed by atoms with Gasteiger partial charge in [-0.3, -0.25) is 14.6 Å². The van der Waals surface area contributed by atoms with Gasteiger partial charge in [-0.05, 0) is 48.0 Å². The number of amides is 2. The lowest BCUT2D eigenvalue weighted by molar-refractivity contribution is -0.120. The third-order valence-corrected chi connectivity index (χ3v) is 4.42. The average molecular weight is 410 g/mol. The Morgan fingerprint density at radius 1 is 1.00 bits per heavy atom. The normalized spacial score (nSPS) is 11.6. The van der Waals surface area contributed by atoms with Gasteiger partial charge in [0, 0.05) is 41.8 Å². The van der Waals surface area contributed by atoms with Crippen LogP contribution in [-0.2, 0) is 11.2 Å². The number of pyridine rings is 1. The SMILES string of the molecule is NC(CNC(=O)Cc1cc(F)ccc1F)c1ccc(C(=O)Nc2ccncc2)cc1. The fraction of sp³-hybridized carbons (Fsp3) is 0.136. The molecule has 0 radical (unpaired) electrons. The molecule has 2 aromatic carbocycles. The Labute approximate surface area is 172 Å². The maximum Gasteiger partial charge on any atom is 0.255 e. The molecule has 1 heterocycles. The third kappa shape index (κ3) is 5.68. The zero-order valence-electron chi connectivity index (χ0n) is 15.9. The van der Waals surface area contributed by atoms with E-state index in [0.29, 0.717) is 16.8 Å². The summed E-state index contributed by atoms with van der Waals surface area (Å²) < 4.78 is 26.8. The van der Waals surface area contributed by atoms with E-state index in [1.807, 2.05) is 0 Å². The van der Waals surface area contributed by atoms with Crippen LogP contribution >= 0.6 is 0 Å². The van der Waals surface area contributed by atoms with Gasteiger partial charge in [-0.25, -0.2) is 8.78 Å². The zero-order valence-corrected chi connectivity index (χ0v) is 15.9. The Morgan fingerprint density at radius 3 is 2.40 bits per heavy atom. The number of nitrogens with one attached hydrogen (secondary N) is 2. The largest absolute Gasteiger partial charge is 0.354 e. The molecular weight excluding hydrogens is 390 g/mol. The average Bonchev–Trinajstić information content (AvgIpc) is 2.75. The summed E-state index contributed by atoms with van der Waals surface area (Å²) in [6.07, 6.45) is 2.87. The molecule has 8 heteroatoms. The van der Waals surface area contributed by atoms with Crippen LogP contribution < -0.4 is 16.4 Å². The van der Waals surface area contributed by atoms with Crippen LogP contribution in [0.5, 0.6) is 0 Å². The predicted octanol–water partition coefficient (Wildman–Crippen LogP) is 2.97. The molecule has 0 aliphatic rings. The van der Waals surface area contributed by atoms with Gasteiger partial charge in [0.05, 0.1) is 6.42 Å². The lowest BCUT2D eigenvalue weighted by Gasteiger charge is -2.14. The second kappa shape index (κ2) is 9.71. The Morgan fingerprint density at radius 2 is 1.70 bits per heavy atom. The Kier molecular flexibility index (Phi) is 6.82. The predicted molar refractivity (Wildman–Crippen MR) is 109 cm³/mol. The highest BCUT2D eigenvalue weighted by atomic mass is 19.1. The van der Waals surface area contributed by atoms with Crippen molar-refractivity contribution in [3.05, 3.63) is 95.3 Å². The highest BCUT2D eigenvalue weighted by Crippen LogP contribution is 2.14. The van der Waals surface area contributed by atoms with E-state index in [1.54, 1.807) is 48.8 Å². The number of anilines is 1. The number of hydrogen-bond donors (Lipinski definition) is 3. The van der Waals surface area contributed by atoms with Crippen LogP contribution in [-0.4, -0.2) is 23.3 Å². The molecule has 0 bridgehead atoms. The minimum atomic E-state index is -0.642. The van der Waals surface area contributed by atoms with Crippen LogP contribution in [0, 0.1) is 11.6 Å². The maximum absolute atomic E-state index is 13.6. The standard InChI is InChI=1S/C22H20F2N4O2/c23-17-5-6-19(24)16(11-17)12-21(29)27-13-20(25)14-1-3-15(4-2-14)22(30)28-18-7-9-26-10-8-18/h1-11,20H,12-13,25H2,(H,27,29)(H,26,28,30). The highest BCUT2D eigenvalue weighted by Gasteiger charge is 2.13. The molecule has 0 spiro atoms. The zero-order chi connectivity index (χ0) is 21.5. The summed E-state index contributed by atoms with van der Waals surface area (Å²) in [4.78, 5) is 28.2. The lowest BCUT2D eigenvalue weighted by Crippen LogP contribution is -2.33. The smallest absolute Gasteiger partial charge is 0.255 e. The fourth-order valence-electron chi connectivity index (χ4n) is 2.78. The van der Waals surface area contributed by atoms with Crippen molar-refractivity contribution in [1.82, 2.24) is 10.3 Å². The molecule has 1 unspecified atom stereocenters. The van der Waals surface area contributed by atoms with E-state index in [0.717, 1.165) is 18.2 Å². The first-order valence-electron chi connectivity index (χ1n) is 9.20. The number of halogens is 2. The first-order valence-corrected chi connectivity index (χ1v) is 9.20. The molecule has 1 aromatic heterocycles. The second-order valence-electron chi connectivity index (χ2n) is 6.64. The third-order valence-electron chi connectivity index (χ3n) is 4.42. The van der Waals surface area contributed by atoms with Gasteiger partial charge in [-0.2, -0.15) is 0 Å². The van der Waals surface area contributed by atoms with Gasteiger partial charge in [0.25, 0.3) is 5.91 Å². The molecule has 0 saturated carbocycles. The monoisotopic (exact) mass is 410 g/mol. The van der Waals surface area contributed by atoms with E-state index < -0.39 is 23.6 Å². The van der Waals surface area contributed by atoms with Gasteiger partial charge in [0.1, 0.15) is 11.6 Å². The summed E-state index contributed by atoms with van der Waals surface area (Å²) in [5.41, 5.74) is 7.86. The summed E-state index contributed by atoms with van der Waals surface area (Å²) in [5.74, 6) is -1.99. The Bertz CT molecular complexity index is 1030. The molecule has 3 aromatic rings. The highest BCUT2D eigenvalue weighted by molar-refractivity contribution is 6.04. The van der Waals surface area contributed by atoms with E-state index in [2.05, 4.69) is 15.6 Å². The van der Waals surface area contributed by atoms with Crippen molar-refractivity contribution in [3.8, 4) is 0 Å². The number of rotatable bonds is 7. The molecule has 4 N–H and O–H groups in total. The van der Waals surface area contributed by atoms with Crippen LogP contribution in [0.3, 0.4) is 0 Å². The minimum Gasteiger partial charge on any atom is -0.354 e. The van der Waals surface area contributed by atoms with Crippen molar-refractivity contribution in [1.29, 1.82) is 0 Å². The van der Waals surface area contributed by atoms with Crippen LogP contribution in [0.15, 0.2) is 67.0 Å². The quantitative estimate of drug-likeness (QED) is 0.558. The van der Waals surface area contributed by atoms with Gasteiger partial charge in [0.15, 0.2) is 0 Å². The molecular formula is C22H20F2N4O2. The van der Waals surface area contributed by atoms with Crippen molar-refractivity contribution in [2.45, 2.75) is 12.5 Å². The molecule has 154 valence electrons. The van der Waals surface area contributed by atoms with Crippen LogP contribution in [0.1, 0.15) is 27.5 Å². The summed E-state index contributed by atoms with van der Waals surface area (Å²) in [5, 5.41) is 5.36. The Balaban J connectivity index is 1.53. The van der Waals surface area contributed by atoms with Gasteiger partial charge in [0.2, 0.25) is 5.91 Å². The first-order chi connectivity index (χ1) is 14.4. The summed E-state index contributed by atoms with van der Waals surface area (Å²) in [7, 11) is 0. The number of aromatic nitrogens is 1. The van der Waals surface area contributed by atoms with Crippen molar-refractivity contribution in [2.75, 3.05) is 11.9 Å². The van der Waals surface area contributed by atoms with Crippen LogP contribution in [0.25, 0.3) is 0 Å². The summed E-state index contributed by atoms with van der Waals surface area (Å²) in [6, 6.07) is 12.5. The molecule has 0 aliphatic carbocycles. The number of carbonyl (C=O) groups excluding carboxylic acids is 2. The molecule has 0 aliphatic heterocycles. The van der Waals surface area contributed by atoms with Crippen molar-refractivity contribution in [3.63, 3.8) is 0 Å². The summed E-state index contributed by atoms with van der Waals surface area (Å²) in [6.45, 7) is 0.109. The molecule has 2 amide bonds. The van der Waals surface area contributed by atoms with Gasteiger partial charge >= 0.3 is 0 Å². The topological polar surface area (TPSA) is 97.1 Å². The number of carbonyl (C=O) groups is 2. The lowest BCUT2D eigenvalue weighted by atomic mass is 10.0. The molecule has 6 nitrogen and oxygen atoms in total. The number of nitrogens with zero attached hydrogens (tertiary/aromatic N) is 1. The number of nitrogens with two attached hydrogens (primary N) is 1. The minimum absolute atomic E-state index is 0.0226. The summed E-state index contributed by atoms with van der Waals surface area (Å²) >= 11 is 0. The molecule has 1 atom stereocenters. The van der Waals surface area contributed by atoms with E-state index in [4.69, 9.17) is 5.73 Å². The maximum atomic E-state index is 13.6. The number of benzene rings is 2. The van der Waals surface area contributed by atoms with E-state index in [-0.39, 0.29) is 24.4 Å². The van der Waals surface area contributed by atoms with Gasteiger partial charge in [-0.15, -0.1) is 0 Å². The van der Waals surface area contributed by atoms with E-state index >= 15 is 0 Å². The molecule has 0 saturated heterocycles. The Hall–Kier alpha value is -3.65. The first kappa shape index (κ1) is 21.1. The fourth-order valence-corrected chi connectivity index (χ4v) is 2.78. The number of hydrogen-bond acceptors (Lipinski definition) is 4. The van der Waals surface area contributed by atoms with Crippen LogP contribution in [0.4, 0.5) is 14.5 Å². The molecule has 0 fully saturated rings. The van der Waals surface area contributed by atoms with Crippen molar-refractivity contribution < 1.29 is 18.4 Å². The van der Waals surface area contributed by atoms with Crippen LogP contribution in [0.2, 0.25) is 0 Å². The van der Waals surface area contributed by atoms with Crippen molar-refractivity contribution in [2.24, 2.45) is 5.73 Å². The van der Waals surface area contributed by atoms with E-state index in [1.165, 1.54) is 0 Å². The molecule has 30 heavy (non-hydrogen) atoms. The van der Waals surface area contributed by atoms with Gasteiger partial charge < -0.3 is 16.4 Å². The van der Waals surface area contributed by atoms with E-state index in [9.17, 15) is 18.4 Å². The van der Waals surface area contributed by atoms with Crippen molar-refractivity contribution >= 4 is 17.5 Å². The van der Waals surface area contributed by atoms with Gasteiger partial charge in [-0.1, -0.05) is 12.1 Å². The molecule has 3 rings (SSSR count).